The van der Waals surface area contributed by atoms with Gasteiger partial charge in [0, 0.05) is 16.7 Å². The predicted octanol–water partition coefficient (Wildman–Crippen LogP) is 2.60. The number of nitrogens with one attached hydrogen (secondary N) is 2. The zero-order valence-corrected chi connectivity index (χ0v) is 14.1. The van der Waals surface area contributed by atoms with E-state index in [1.807, 2.05) is 13.8 Å². The van der Waals surface area contributed by atoms with Gasteiger partial charge in [-0.15, -0.1) is 0 Å². The maximum atomic E-state index is 12.2. The molecule has 1 aromatic rings. The Morgan fingerprint density at radius 3 is 2.57 bits per heavy atom. The molecule has 8 heteroatoms. The van der Waals surface area contributed by atoms with Crippen molar-refractivity contribution in [3.8, 4) is 0 Å². The second-order valence-electron chi connectivity index (χ2n) is 5.08. The second-order valence-corrected chi connectivity index (χ2v) is 7.59. The van der Waals surface area contributed by atoms with Crippen LogP contribution in [0.3, 0.4) is 0 Å². The van der Waals surface area contributed by atoms with Crippen molar-refractivity contribution in [2.45, 2.75) is 63.8 Å². The number of carbonyl (C=O) groups is 1. The van der Waals surface area contributed by atoms with Gasteiger partial charge >= 0.3 is 0 Å². The highest BCUT2D eigenvalue weighted by Gasteiger charge is 2.28. The van der Waals surface area contributed by atoms with Crippen LogP contribution in [0.4, 0.5) is 0 Å². The van der Waals surface area contributed by atoms with Crippen LogP contribution in [0.1, 0.15) is 62.6 Å². The first-order valence-electron chi connectivity index (χ1n) is 7.14. The van der Waals surface area contributed by atoms with Crippen molar-refractivity contribution in [2.75, 3.05) is 0 Å². The van der Waals surface area contributed by atoms with E-state index in [-0.39, 0.29) is 16.6 Å². The number of rotatable bonds is 8. The Morgan fingerprint density at radius 2 is 2.05 bits per heavy atom. The van der Waals surface area contributed by atoms with E-state index in [0.717, 1.165) is 25.7 Å². The van der Waals surface area contributed by atoms with Crippen LogP contribution < -0.4 is 5.32 Å². The molecule has 21 heavy (non-hydrogen) atoms. The smallest absolute Gasteiger partial charge is 0.273 e. The number of aryl methyl sites for hydroxylation is 1. The standard InChI is InChI=1S/C13H22ClN3O3S/c1-4-6-8-9(3)15-13(18)11-12(21(14,19)20)10(7-5-2)16-17-11/h9H,4-8H2,1-3H3,(H,15,18)(H,16,17). The highest BCUT2D eigenvalue weighted by molar-refractivity contribution is 8.13. The van der Waals surface area contributed by atoms with Gasteiger partial charge in [-0.1, -0.05) is 33.1 Å². The molecule has 0 aliphatic carbocycles. The first kappa shape index (κ1) is 18.0. The maximum absolute atomic E-state index is 12.2. The lowest BCUT2D eigenvalue weighted by atomic mass is 10.1. The van der Waals surface area contributed by atoms with E-state index in [0.29, 0.717) is 12.1 Å². The van der Waals surface area contributed by atoms with Crippen LogP contribution in [0.5, 0.6) is 0 Å². The van der Waals surface area contributed by atoms with Gasteiger partial charge < -0.3 is 5.32 Å². The molecule has 0 spiro atoms. The van der Waals surface area contributed by atoms with Gasteiger partial charge in [0.15, 0.2) is 5.69 Å². The number of aromatic nitrogens is 2. The molecule has 1 unspecified atom stereocenters. The van der Waals surface area contributed by atoms with Crippen LogP contribution in [0.15, 0.2) is 4.90 Å². The van der Waals surface area contributed by atoms with E-state index in [1.54, 1.807) is 0 Å². The number of aromatic amines is 1. The molecule has 6 nitrogen and oxygen atoms in total. The Bertz CT molecular complexity index is 583. The van der Waals surface area contributed by atoms with Gasteiger partial charge in [0.25, 0.3) is 15.0 Å². The minimum Gasteiger partial charge on any atom is -0.348 e. The fourth-order valence-corrected chi connectivity index (χ4v) is 3.39. The monoisotopic (exact) mass is 335 g/mol. The molecule has 1 rings (SSSR count). The minimum atomic E-state index is -4.02. The summed E-state index contributed by atoms with van der Waals surface area (Å²) in [6.07, 6.45) is 4.04. The minimum absolute atomic E-state index is 0.0466. The Balaban J connectivity index is 2.99. The summed E-state index contributed by atoms with van der Waals surface area (Å²) in [6, 6.07) is -0.0466. The molecule has 0 saturated heterocycles. The van der Waals surface area contributed by atoms with Gasteiger partial charge in [-0.05, 0) is 19.8 Å². The van der Waals surface area contributed by atoms with Crippen LogP contribution >= 0.6 is 10.7 Å². The summed E-state index contributed by atoms with van der Waals surface area (Å²) in [5.74, 6) is -0.517. The average Bonchev–Trinajstić information content (AvgIpc) is 2.80. The highest BCUT2D eigenvalue weighted by Crippen LogP contribution is 2.23. The quantitative estimate of drug-likeness (QED) is 0.714. The van der Waals surface area contributed by atoms with Crippen LogP contribution in [-0.4, -0.2) is 30.6 Å². The third-order valence-corrected chi connectivity index (χ3v) is 4.51. The molecule has 2 N–H and O–H groups in total. The lowest BCUT2D eigenvalue weighted by Gasteiger charge is -2.12. The zero-order valence-electron chi connectivity index (χ0n) is 12.6. The lowest BCUT2D eigenvalue weighted by Crippen LogP contribution is -2.33. The number of H-pyrrole nitrogens is 1. The summed E-state index contributed by atoms with van der Waals surface area (Å²) in [5.41, 5.74) is 0.218. The second kappa shape index (κ2) is 7.79. The van der Waals surface area contributed by atoms with Crippen LogP contribution in [0, 0.1) is 0 Å². The van der Waals surface area contributed by atoms with Crippen molar-refractivity contribution in [3.05, 3.63) is 11.4 Å². The maximum Gasteiger partial charge on any atom is 0.273 e. The van der Waals surface area contributed by atoms with Crippen molar-refractivity contribution < 1.29 is 13.2 Å². The van der Waals surface area contributed by atoms with E-state index in [9.17, 15) is 13.2 Å². The number of hydrogen-bond donors (Lipinski definition) is 2. The van der Waals surface area contributed by atoms with Gasteiger partial charge in [0.1, 0.15) is 4.90 Å². The summed E-state index contributed by atoms with van der Waals surface area (Å²) in [6.45, 7) is 5.84. The summed E-state index contributed by atoms with van der Waals surface area (Å²) in [4.78, 5) is 12.0. The highest BCUT2D eigenvalue weighted by atomic mass is 35.7. The lowest BCUT2D eigenvalue weighted by molar-refractivity contribution is 0.0929. The van der Waals surface area contributed by atoms with Crippen LogP contribution in [0.2, 0.25) is 0 Å². The summed E-state index contributed by atoms with van der Waals surface area (Å²) in [5, 5.41) is 9.19. The largest absolute Gasteiger partial charge is 0.348 e. The van der Waals surface area contributed by atoms with Crippen LogP contribution in [0.25, 0.3) is 0 Å². The number of carbonyl (C=O) groups excluding carboxylic acids is 1. The van der Waals surface area contributed by atoms with Gasteiger partial charge in [0.05, 0.1) is 5.69 Å². The first-order chi connectivity index (χ1) is 9.81. The molecule has 1 aromatic heterocycles. The zero-order chi connectivity index (χ0) is 16.0. The van der Waals surface area contributed by atoms with Gasteiger partial charge in [-0.3, -0.25) is 9.89 Å². The van der Waals surface area contributed by atoms with Crippen molar-refractivity contribution in [1.82, 2.24) is 15.5 Å². The van der Waals surface area contributed by atoms with Crippen molar-refractivity contribution in [2.24, 2.45) is 0 Å². The fourth-order valence-electron chi connectivity index (χ4n) is 2.08. The molecule has 1 atom stereocenters. The number of unbranched alkanes of at least 4 members (excludes halogenated alkanes) is 1. The summed E-state index contributed by atoms with van der Waals surface area (Å²) >= 11 is 0. The van der Waals surface area contributed by atoms with Gasteiger partial charge in [-0.2, -0.15) is 5.10 Å². The molecule has 0 fully saturated rings. The molecule has 0 aromatic carbocycles. The number of halogens is 1. The number of hydrogen-bond acceptors (Lipinski definition) is 4. The van der Waals surface area contributed by atoms with Crippen molar-refractivity contribution in [3.63, 3.8) is 0 Å². The van der Waals surface area contributed by atoms with Crippen molar-refractivity contribution in [1.29, 1.82) is 0 Å². The molecule has 0 saturated carbocycles. The normalized spacial score (nSPS) is 13.1. The molecule has 0 aliphatic heterocycles. The molecule has 1 amide bonds. The molecule has 0 bridgehead atoms. The summed E-state index contributed by atoms with van der Waals surface area (Å²) < 4.78 is 23.4. The Kier molecular flexibility index (Phi) is 6.67. The molecular formula is C13H22ClN3O3S. The summed E-state index contributed by atoms with van der Waals surface area (Å²) in [7, 11) is 1.42. The fraction of sp³-hybridized carbons (Fsp3) is 0.692. The third kappa shape index (κ3) is 5.00. The Labute approximate surface area is 130 Å². The molecule has 0 aliphatic rings. The van der Waals surface area contributed by atoms with Crippen LogP contribution in [-0.2, 0) is 15.5 Å². The molecule has 120 valence electrons. The first-order valence-corrected chi connectivity index (χ1v) is 9.44. The van der Waals surface area contributed by atoms with Gasteiger partial charge in [-0.25, -0.2) is 8.42 Å². The Hall–Kier alpha value is -1.08. The molecule has 0 radical (unpaired) electrons. The Morgan fingerprint density at radius 1 is 1.38 bits per heavy atom. The van der Waals surface area contributed by atoms with E-state index in [1.165, 1.54) is 0 Å². The SMILES string of the molecule is CCCCC(C)NC(=O)c1n[nH]c(CCC)c1S(=O)(=O)Cl. The van der Waals surface area contributed by atoms with E-state index >= 15 is 0 Å². The van der Waals surface area contributed by atoms with E-state index in [4.69, 9.17) is 10.7 Å². The van der Waals surface area contributed by atoms with E-state index < -0.39 is 15.0 Å². The third-order valence-electron chi connectivity index (χ3n) is 3.12. The average molecular weight is 336 g/mol. The van der Waals surface area contributed by atoms with Gasteiger partial charge in [0.2, 0.25) is 0 Å². The number of amides is 1. The number of nitrogens with zero attached hydrogens (tertiary/aromatic N) is 1. The molecule has 1 heterocycles. The molecular weight excluding hydrogens is 314 g/mol. The predicted molar refractivity (Wildman–Crippen MR) is 82.1 cm³/mol. The van der Waals surface area contributed by atoms with E-state index in [2.05, 4.69) is 22.4 Å². The van der Waals surface area contributed by atoms with Crippen molar-refractivity contribution >= 4 is 25.6 Å². The topological polar surface area (TPSA) is 91.9 Å².